The number of carbonyl (C=O) groups excluding carboxylic acids is 2. The fourth-order valence-electron chi connectivity index (χ4n) is 2.09. The summed E-state index contributed by atoms with van der Waals surface area (Å²) in [5.41, 5.74) is 0.571. The summed E-state index contributed by atoms with van der Waals surface area (Å²) in [5.74, 6) is -0.408. The number of ether oxygens (including phenoxy) is 4. The van der Waals surface area contributed by atoms with Gasteiger partial charge in [0.1, 0.15) is 22.8 Å². The van der Waals surface area contributed by atoms with Gasteiger partial charge in [-0.05, 0) is 6.07 Å². The van der Waals surface area contributed by atoms with Crippen molar-refractivity contribution in [1.82, 2.24) is 4.98 Å². The highest BCUT2D eigenvalue weighted by Gasteiger charge is 2.26. The number of rotatable bonds is 4. The van der Waals surface area contributed by atoms with E-state index < -0.39 is 11.9 Å². The molecule has 7 heteroatoms. The van der Waals surface area contributed by atoms with E-state index in [1.807, 2.05) is 0 Å². The predicted octanol–water partition coefficient (Wildman–Crippen LogP) is 1.76. The molecule has 0 fully saturated rings. The number of H-pyrrole nitrogens is 1. The van der Waals surface area contributed by atoms with Crippen LogP contribution in [0.25, 0.3) is 10.9 Å². The molecule has 0 aliphatic carbocycles. The molecule has 0 saturated carbocycles. The molecule has 0 aliphatic heterocycles. The van der Waals surface area contributed by atoms with Gasteiger partial charge in [-0.2, -0.15) is 0 Å². The number of esters is 2. The SMILES string of the molecule is COC(=O)c1[nH]c2c(OC)cc(OC)cc2c1C(=O)OC. The van der Waals surface area contributed by atoms with Crippen LogP contribution in [0.15, 0.2) is 12.1 Å². The minimum Gasteiger partial charge on any atom is -0.497 e. The lowest BCUT2D eigenvalue weighted by Crippen LogP contribution is -2.10. The van der Waals surface area contributed by atoms with E-state index in [9.17, 15) is 9.59 Å². The van der Waals surface area contributed by atoms with Crippen LogP contribution in [0.5, 0.6) is 11.5 Å². The third kappa shape index (κ3) is 2.37. The summed E-state index contributed by atoms with van der Waals surface area (Å²) in [6.45, 7) is 0. The molecule has 0 spiro atoms. The van der Waals surface area contributed by atoms with Crippen molar-refractivity contribution in [3.63, 3.8) is 0 Å². The van der Waals surface area contributed by atoms with Crippen molar-refractivity contribution in [2.75, 3.05) is 28.4 Å². The fourth-order valence-corrected chi connectivity index (χ4v) is 2.09. The Labute approximate surface area is 120 Å². The van der Waals surface area contributed by atoms with E-state index in [1.165, 1.54) is 28.4 Å². The second kappa shape index (κ2) is 5.74. The summed E-state index contributed by atoms with van der Waals surface area (Å²) in [6, 6.07) is 3.26. The molecular weight excluding hydrogens is 278 g/mol. The molecule has 0 radical (unpaired) electrons. The normalized spacial score (nSPS) is 10.3. The zero-order valence-electron chi connectivity index (χ0n) is 12.1. The van der Waals surface area contributed by atoms with Crippen molar-refractivity contribution < 1.29 is 28.5 Å². The first-order chi connectivity index (χ1) is 10.1. The van der Waals surface area contributed by atoms with Crippen LogP contribution in [0, 0.1) is 0 Å². The minimum atomic E-state index is -0.674. The Balaban J connectivity index is 2.85. The Hall–Kier alpha value is -2.70. The number of fused-ring (bicyclic) bond motifs is 1. The van der Waals surface area contributed by atoms with Crippen LogP contribution in [-0.2, 0) is 9.47 Å². The van der Waals surface area contributed by atoms with Crippen molar-refractivity contribution in [3.8, 4) is 11.5 Å². The number of nitrogens with one attached hydrogen (secondary N) is 1. The third-order valence-corrected chi connectivity index (χ3v) is 3.08. The Morgan fingerprint density at radius 1 is 0.952 bits per heavy atom. The van der Waals surface area contributed by atoms with Crippen LogP contribution in [-0.4, -0.2) is 45.4 Å². The van der Waals surface area contributed by atoms with Gasteiger partial charge < -0.3 is 23.9 Å². The largest absolute Gasteiger partial charge is 0.497 e. The number of benzene rings is 1. The van der Waals surface area contributed by atoms with Gasteiger partial charge >= 0.3 is 11.9 Å². The molecule has 0 atom stereocenters. The highest BCUT2D eigenvalue weighted by molar-refractivity contribution is 6.13. The topological polar surface area (TPSA) is 86.9 Å². The van der Waals surface area contributed by atoms with Gasteiger partial charge in [-0.15, -0.1) is 0 Å². The van der Waals surface area contributed by atoms with Gasteiger partial charge in [0.25, 0.3) is 0 Å². The van der Waals surface area contributed by atoms with Crippen molar-refractivity contribution in [3.05, 3.63) is 23.4 Å². The van der Waals surface area contributed by atoms with Crippen LogP contribution in [0.1, 0.15) is 20.8 Å². The van der Waals surface area contributed by atoms with Crippen molar-refractivity contribution >= 4 is 22.8 Å². The van der Waals surface area contributed by atoms with Gasteiger partial charge in [0, 0.05) is 11.5 Å². The lowest BCUT2D eigenvalue weighted by Gasteiger charge is -2.06. The molecule has 21 heavy (non-hydrogen) atoms. The van der Waals surface area contributed by atoms with Crippen molar-refractivity contribution in [2.45, 2.75) is 0 Å². The van der Waals surface area contributed by atoms with Crippen LogP contribution < -0.4 is 9.47 Å². The molecule has 7 nitrogen and oxygen atoms in total. The third-order valence-electron chi connectivity index (χ3n) is 3.08. The zero-order chi connectivity index (χ0) is 15.6. The Morgan fingerprint density at radius 3 is 2.14 bits per heavy atom. The monoisotopic (exact) mass is 293 g/mol. The van der Waals surface area contributed by atoms with Gasteiger partial charge in [0.15, 0.2) is 0 Å². The van der Waals surface area contributed by atoms with E-state index in [0.717, 1.165) is 0 Å². The van der Waals surface area contributed by atoms with E-state index in [-0.39, 0.29) is 11.3 Å². The van der Waals surface area contributed by atoms with Crippen LogP contribution >= 0.6 is 0 Å². The average molecular weight is 293 g/mol. The average Bonchev–Trinajstić information content (AvgIpc) is 2.91. The summed E-state index contributed by atoms with van der Waals surface area (Å²) in [6.07, 6.45) is 0. The lowest BCUT2D eigenvalue weighted by molar-refractivity contribution is 0.0553. The highest BCUT2D eigenvalue weighted by atomic mass is 16.5. The smallest absolute Gasteiger partial charge is 0.355 e. The lowest BCUT2D eigenvalue weighted by atomic mass is 10.1. The van der Waals surface area contributed by atoms with E-state index in [2.05, 4.69) is 9.72 Å². The molecule has 1 aromatic carbocycles. The number of aromatic nitrogens is 1. The molecule has 0 saturated heterocycles. The zero-order valence-corrected chi connectivity index (χ0v) is 12.1. The van der Waals surface area contributed by atoms with Crippen molar-refractivity contribution in [2.24, 2.45) is 0 Å². The summed E-state index contributed by atoms with van der Waals surface area (Å²) >= 11 is 0. The molecule has 0 aliphatic rings. The first kappa shape index (κ1) is 14.7. The highest BCUT2D eigenvalue weighted by Crippen LogP contribution is 2.34. The van der Waals surface area contributed by atoms with E-state index in [1.54, 1.807) is 12.1 Å². The maximum Gasteiger partial charge on any atom is 0.355 e. The maximum atomic E-state index is 12.0. The van der Waals surface area contributed by atoms with E-state index in [0.29, 0.717) is 22.4 Å². The molecular formula is C14H15NO6. The summed E-state index contributed by atoms with van der Waals surface area (Å²) in [7, 11) is 5.43. The number of hydrogen-bond donors (Lipinski definition) is 1. The van der Waals surface area contributed by atoms with Crippen LogP contribution in [0.3, 0.4) is 0 Å². The van der Waals surface area contributed by atoms with Crippen LogP contribution in [0.2, 0.25) is 0 Å². The van der Waals surface area contributed by atoms with Gasteiger partial charge in [-0.3, -0.25) is 0 Å². The Bertz CT molecular complexity index is 703. The van der Waals surface area contributed by atoms with Gasteiger partial charge in [0.2, 0.25) is 0 Å². The second-order valence-electron chi connectivity index (χ2n) is 4.11. The second-order valence-corrected chi connectivity index (χ2v) is 4.11. The molecule has 0 bridgehead atoms. The molecule has 1 aromatic heterocycles. The number of aromatic amines is 1. The fraction of sp³-hybridized carbons (Fsp3) is 0.286. The molecule has 2 rings (SSSR count). The summed E-state index contributed by atoms with van der Waals surface area (Å²) in [4.78, 5) is 26.7. The first-order valence-electron chi connectivity index (χ1n) is 6.01. The summed E-state index contributed by atoms with van der Waals surface area (Å²) < 4.78 is 19.8. The standard InChI is InChI=1S/C14H15NO6/c1-18-7-5-8-10(13(16)20-3)12(14(17)21-4)15-11(8)9(6-7)19-2/h5-6,15H,1-4H3. The number of hydrogen-bond acceptors (Lipinski definition) is 6. The molecule has 0 unspecified atom stereocenters. The quantitative estimate of drug-likeness (QED) is 0.864. The van der Waals surface area contributed by atoms with Gasteiger partial charge in [-0.1, -0.05) is 0 Å². The predicted molar refractivity (Wildman–Crippen MR) is 74.1 cm³/mol. The molecule has 1 N–H and O–H groups in total. The Morgan fingerprint density at radius 2 is 1.62 bits per heavy atom. The first-order valence-corrected chi connectivity index (χ1v) is 6.01. The van der Waals surface area contributed by atoms with Gasteiger partial charge in [0.05, 0.1) is 34.0 Å². The van der Waals surface area contributed by atoms with Crippen LogP contribution in [0.4, 0.5) is 0 Å². The Kier molecular flexibility index (Phi) is 4.02. The van der Waals surface area contributed by atoms with Crippen molar-refractivity contribution in [1.29, 1.82) is 0 Å². The number of carbonyl (C=O) groups is 2. The molecule has 0 amide bonds. The maximum absolute atomic E-state index is 12.0. The van der Waals surface area contributed by atoms with E-state index in [4.69, 9.17) is 14.2 Å². The molecule has 2 aromatic rings. The summed E-state index contributed by atoms with van der Waals surface area (Å²) in [5, 5.41) is 0.457. The number of methoxy groups -OCH3 is 4. The molecule has 1 heterocycles. The van der Waals surface area contributed by atoms with Gasteiger partial charge in [-0.25, -0.2) is 9.59 Å². The van der Waals surface area contributed by atoms with E-state index >= 15 is 0 Å². The minimum absolute atomic E-state index is 0.00547. The molecule has 112 valence electrons.